The van der Waals surface area contributed by atoms with Gasteiger partial charge in [-0.2, -0.15) is 0 Å². The molecule has 94 valence electrons. The van der Waals surface area contributed by atoms with E-state index >= 15 is 0 Å². The SMILES string of the molecule is CC(C)C(Br)CNC(=O)c1cc(Br)ccc1Cl. The molecule has 0 heterocycles. The fourth-order valence-electron chi connectivity index (χ4n) is 1.19. The maximum atomic E-state index is 11.9. The van der Waals surface area contributed by atoms with Gasteiger partial charge in [-0.15, -0.1) is 0 Å². The van der Waals surface area contributed by atoms with Crippen molar-refractivity contribution in [1.29, 1.82) is 0 Å². The van der Waals surface area contributed by atoms with Crippen LogP contribution >= 0.6 is 43.5 Å². The molecular formula is C12H14Br2ClNO. The van der Waals surface area contributed by atoms with Crippen LogP contribution in [-0.2, 0) is 0 Å². The Morgan fingerprint density at radius 1 is 1.47 bits per heavy atom. The summed E-state index contributed by atoms with van der Waals surface area (Å²) in [6.45, 7) is 4.77. The van der Waals surface area contributed by atoms with Crippen LogP contribution in [-0.4, -0.2) is 17.3 Å². The van der Waals surface area contributed by atoms with Gasteiger partial charge in [-0.05, 0) is 24.1 Å². The van der Waals surface area contributed by atoms with Gasteiger partial charge in [0.15, 0.2) is 0 Å². The largest absolute Gasteiger partial charge is 0.351 e. The van der Waals surface area contributed by atoms with Crippen LogP contribution in [0.3, 0.4) is 0 Å². The number of carbonyl (C=O) groups excluding carboxylic acids is 1. The minimum absolute atomic E-state index is 0.151. The number of rotatable bonds is 4. The second kappa shape index (κ2) is 6.76. The van der Waals surface area contributed by atoms with Crippen molar-refractivity contribution < 1.29 is 4.79 Å². The van der Waals surface area contributed by atoms with Gasteiger partial charge < -0.3 is 5.32 Å². The molecule has 1 aromatic carbocycles. The standard InChI is InChI=1S/C12H14Br2ClNO/c1-7(2)10(14)6-16-12(17)9-5-8(13)3-4-11(9)15/h3-5,7,10H,6H2,1-2H3,(H,16,17). The minimum Gasteiger partial charge on any atom is -0.351 e. The molecule has 0 spiro atoms. The molecule has 1 aromatic rings. The third-order valence-electron chi connectivity index (χ3n) is 2.35. The van der Waals surface area contributed by atoms with E-state index in [9.17, 15) is 4.79 Å². The molecule has 1 rings (SSSR count). The van der Waals surface area contributed by atoms with Crippen LogP contribution < -0.4 is 5.32 Å². The minimum atomic E-state index is -0.151. The molecule has 0 aliphatic carbocycles. The quantitative estimate of drug-likeness (QED) is 0.774. The van der Waals surface area contributed by atoms with E-state index in [0.717, 1.165) is 4.47 Å². The molecule has 2 nitrogen and oxygen atoms in total. The molecule has 0 aliphatic rings. The first-order chi connectivity index (χ1) is 7.91. The summed E-state index contributed by atoms with van der Waals surface area (Å²) in [5.41, 5.74) is 0.490. The number of hydrogen-bond donors (Lipinski definition) is 1. The van der Waals surface area contributed by atoms with Gasteiger partial charge in [-0.1, -0.05) is 57.3 Å². The molecular weight excluding hydrogens is 369 g/mol. The molecule has 1 atom stereocenters. The van der Waals surface area contributed by atoms with Crippen LogP contribution in [0.4, 0.5) is 0 Å². The molecule has 1 N–H and O–H groups in total. The van der Waals surface area contributed by atoms with E-state index in [1.807, 2.05) is 0 Å². The van der Waals surface area contributed by atoms with Crippen LogP contribution in [0.25, 0.3) is 0 Å². The summed E-state index contributed by atoms with van der Waals surface area (Å²) in [4.78, 5) is 12.2. The Bertz CT molecular complexity index is 409. The predicted molar refractivity (Wildman–Crippen MR) is 79.0 cm³/mol. The number of amides is 1. The van der Waals surface area contributed by atoms with Crippen molar-refractivity contribution in [1.82, 2.24) is 5.32 Å². The topological polar surface area (TPSA) is 29.1 Å². The van der Waals surface area contributed by atoms with E-state index in [1.54, 1.807) is 18.2 Å². The Morgan fingerprint density at radius 2 is 2.12 bits per heavy atom. The molecule has 0 radical (unpaired) electrons. The monoisotopic (exact) mass is 381 g/mol. The number of nitrogens with one attached hydrogen (secondary N) is 1. The smallest absolute Gasteiger partial charge is 0.252 e. The van der Waals surface area contributed by atoms with Crippen LogP contribution in [0.15, 0.2) is 22.7 Å². The second-order valence-electron chi connectivity index (χ2n) is 4.09. The normalized spacial score (nSPS) is 12.6. The predicted octanol–water partition coefficient (Wildman–Crippen LogP) is 4.25. The van der Waals surface area contributed by atoms with Crippen molar-refractivity contribution in [3.8, 4) is 0 Å². The fourth-order valence-corrected chi connectivity index (χ4v) is 1.92. The number of benzene rings is 1. The maximum Gasteiger partial charge on any atom is 0.252 e. The molecule has 0 aromatic heterocycles. The van der Waals surface area contributed by atoms with E-state index in [4.69, 9.17) is 11.6 Å². The van der Waals surface area contributed by atoms with E-state index < -0.39 is 0 Å². The van der Waals surface area contributed by atoms with Crippen molar-refractivity contribution in [2.75, 3.05) is 6.54 Å². The van der Waals surface area contributed by atoms with Gasteiger partial charge in [0, 0.05) is 15.8 Å². The summed E-state index contributed by atoms with van der Waals surface area (Å²) in [5.74, 6) is 0.315. The van der Waals surface area contributed by atoms with Crippen LogP contribution in [0.2, 0.25) is 5.02 Å². The lowest BCUT2D eigenvalue weighted by molar-refractivity contribution is 0.0953. The third kappa shape index (κ3) is 4.60. The Balaban J connectivity index is 2.67. The van der Waals surface area contributed by atoms with E-state index in [2.05, 4.69) is 51.0 Å². The fraction of sp³-hybridized carbons (Fsp3) is 0.417. The Morgan fingerprint density at radius 3 is 2.71 bits per heavy atom. The van der Waals surface area contributed by atoms with Gasteiger partial charge in [-0.3, -0.25) is 4.79 Å². The van der Waals surface area contributed by atoms with Gasteiger partial charge >= 0.3 is 0 Å². The Hall–Kier alpha value is -0.0600. The first-order valence-electron chi connectivity index (χ1n) is 5.29. The van der Waals surface area contributed by atoms with Crippen molar-refractivity contribution in [2.45, 2.75) is 18.7 Å². The number of halogens is 3. The lowest BCUT2D eigenvalue weighted by atomic mass is 10.1. The third-order valence-corrected chi connectivity index (χ3v) is 4.56. The summed E-state index contributed by atoms with van der Waals surface area (Å²) in [5, 5.41) is 3.32. The maximum absolute atomic E-state index is 11.9. The molecule has 0 bridgehead atoms. The van der Waals surface area contributed by atoms with Gasteiger partial charge in [-0.25, -0.2) is 0 Å². The van der Waals surface area contributed by atoms with Crippen molar-refractivity contribution in [2.24, 2.45) is 5.92 Å². The van der Waals surface area contributed by atoms with Crippen molar-refractivity contribution in [3.63, 3.8) is 0 Å². The highest BCUT2D eigenvalue weighted by Gasteiger charge is 2.14. The number of alkyl halides is 1. The van der Waals surface area contributed by atoms with Crippen molar-refractivity contribution in [3.05, 3.63) is 33.3 Å². The summed E-state index contributed by atoms with van der Waals surface area (Å²) in [6.07, 6.45) is 0. The Labute approximate surface area is 123 Å². The Kier molecular flexibility index (Phi) is 5.97. The molecule has 5 heteroatoms. The zero-order chi connectivity index (χ0) is 13.0. The molecule has 1 unspecified atom stereocenters. The van der Waals surface area contributed by atoms with Crippen LogP contribution in [0.5, 0.6) is 0 Å². The molecule has 0 aliphatic heterocycles. The number of hydrogen-bond acceptors (Lipinski definition) is 1. The van der Waals surface area contributed by atoms with Gasteiger partial charge in [0.2, 0.25) is 0 Å². The first-order valence-corrected chi connectivity index (χ1v) is 7.37. The van der Waals surface area contributed by atoms with Gasteiger partial charge in [0.05, 0.1) is 10.6 Å². The lowest BCUT2D eigenvalue weighted by Gasteiger charge is -2.14. The number of carbonyl (C=O) groups is 1. The highest BCUT2D eigenvalue weighted by molar-refractivity contribution is 9.10. The van der Waals surface area contributed by atoms with Crippen LogP contribution in [0.1, 0.15) is 24.2 Å². The average molecular weight is 384 g/mol. The zero-order valence-electron chi connectivity index (χ0n) is 9.64. The summed E-state index contributed by atoms with van der Waals surface area (Å²) in [6, 6.07) is 5.23. The average Bonchev–Trinajstić information content (AvgIpc) is 2.28. The second-order valence-corrected chi connectivity index (χ2v) is 6.59. The highest BCUT2D eigenvalue weighted by atomic mass is 79.9. The molecule has 1 amide bonds. The summed E-state index contributed by atoms with van der Waals surface area (Å²) in [7, 11) is 0. The molecule has 0 fully saturated rings. The van der Waals surface area contributed by atoms with Gasteiger partial charge in [0.1, 0.15) is 0 Å². The molecule has 17 heavy (non-hydrogen) atoms. The zero-order valence-corrected chi connectivity index (χ0v) is 13.6. The van der Waals surface area contributed by atoms with Gasteiger partial charge in [0.25, 0.3) is 5.91 Å². The first kappa shape index (κ1) is 15.0. The molecule has 0 saturated carbocycles. The highest BCUT2D eigenvalue weighted by Crippen LogP contribution is 2.21. The van der Waals surface area contributed by atoms with Crippen molar-refractivity contribution >= 4 is 49.4 Å². The van der Waals surface area contributed by atoms with E-state index in [1.165, 1.54) is 0 Å². The lowest BCUT2D eigenvalue weighted by Crippen LogP contribution is -2.31. The van der Waals surface area contributed by atoms with Crippen LogP contribution in [0, 0.1) is 5.92 Å². The molecule has 0 saturated heterocycles. The van der Waals surface area contributed by atoms with E-state index in [-0.39, 0.29) is 10.7 Å². The summed E-state index contributed by atoms with van der Waals surface area (Å²) < 4.78 is 0.839. The summed E-state index contributed by atoms with van der Waals surface area (Å²) >= 11 is 12.8. The van der Waals surface area contributed by atoms with E-state index in [0.29, 0.717) is 23.0 Å².